The third-order valence-corrected chi connectivity index (χ3v) is 4.21. The molecule has 0 radical (unpaired) electrons. The normalized spacial score (nSPS) is 10.6. The first-order valence-corrected chi connectivity index (χ1v) is 9.11. The van der Waals surface area contributed by atoms with Crippen molar-refractivity contribution >= 4 is 35.2 Å². The Morgan fingerprint density at radius 1 is 1.33 bits per heavy atom. The van der Waals surface area contributed by atoms with Gasteiger partial charge in [-0.1, -0.05) is 29.8 Å². The summed E-state index contributed by atoms with van der Waals surface area (Å²) in [4.78, 5) is 23.4. The van der Waals surface area contributed by atoms with Crippen LogP contribution in [0.3, 0.4) is 0 Å². The molecule has 2 N–H and O–H groups in total. The Bertz CT molecular complexity index is 1040. The van der Waals surface area contributed by atoms with E-state index in [1.54, 1.807) is 42.5 Å². The standard InChI is InChI=1S/C22H19ClN2O5/c1-3-6-15-9-14(11-19(29-2)21(15)30-13-20(26)27)10-16(12-24)22(28)25-18-8-5-4-7-17(18)23/h3-5,7-11H,1,6,13H2,2H3,(H,25,28)(H,26,27)/b16-10-. The minimum absolute atomic E-state index is 0.152. The van der Waals surface area contributed by atoms with Crippen molar-refractivity contribution in [1.29, 1.82) is 5.26 Å². The number of hydrogen-bond donors (Lipinski definition) is 2. The molecule has 8 heteroatoms. The molecule has 0 aliphatic carbocycles. The zero-order chi connectivity index (χ0) is 22.1. The van der Waals surface area contributed by atoms with Gasteiger partial charge in [-0.05, 0) is 42.3 Å². The van der Waals surface area contributed by atoms with Crippen molar-refractivity contribution in [3.63, 3.8) is 0 Å². The lowest BCUT2D eigenvalue weighted by atomic mass is 10.0. The number of hydrogen-bond acceptors (Lipinski definition) is 5. The fourth-order valence-corrected chi connectivity index (χ4v) is 2.77. The average molecular weight is 427 g/mol. The molecular formula is C22H19ClN2O5. The van der Waals surface area contributed by atoms with Gasteiger partial charge in [-0.2, -0.15) is 5.26 Å². The van der Waals surface area contributed by atoms with Crippen LogP contribution in [-0.4, -0.2) is 30.7 Å². The van der Waals surface area contributed by atoms with Crippen LogP contribution in [0.25, 0.3) is 6.08 Å². The number of carboxylic acid groups (broad SMARTS) is 1. The fraction of sp³-hybridized carbons (Fsp3) is 0.136. The Morgan fingerprint density at radius 2 is 2.07 bits per heavy atom. The molecule has 7 nitrogen and oxygen atoms in total. The molecule has 154 valence electrons. The first-order valence-electron chi connectivity index (χ1n) is 8.73. The van der Waals surface area contributed by atoms with Crippen LogP contribution in [0.2, 0.25) is 5.02 Å². The van der Waals surface area contributed by atoms with E-state index < -0.39 is 18.5 Å². The number of para-hydroxylation sites is 1. The van der Waals surface area contributed by atoms with Gasteiger partial charge in [0.2, 0.25) is 0 Å². The molecular weight excluding hydrogens is 408 g/mol. The Kier molecular flexibility index (Phi) is 8.03. The zero-order valence-electron chi connectivity index (χ0n) is 16.1. The quantitative estimate of drug-likeness (QED) is 0.355. The molecule has 30 heavy (non-hydrogen) atoms. The van der Waals surface area contributed by atoms with Gasteiger partial charge < -0.3 is 19.9 Å². The van der Waals surface area contributed by atoms with Crippen LogP contribution in [-0.2, 0) is 16.0 Å². The number of benzene rings is 2. The largest absolute Gasteiger partial charge is 0.493 e. The molecule has 0 saturated carbocycles. The number of amides is 1. The SMILES string of the molecule is C=CCc1cc(/C=C(/C#N)C(=O)Nc2ccccc2Cl)cc(OC)c1OCC(=O)O. The van der Waals surface area contributed by atoms with Crippen LogP contribution in [0, 0.1) is 11.3 Å². The Morgan fingerprint density at radius 3 is 2.67 bits per heavy atom. The van der Waals surface area contributed by atoms with Gasteiger partial charge in [0.15, 0.2) is 18.1 Å². The van der Waals surface area contributed by atoms with Crippen molar-refractivity contribution in [3.05, 3.63) is 70.8 Å². The minimum atomic E-state index is -1.13. The monoisotopic (exact) mass is 426 g/mol. The summed E-state index contributed by atoms with van der Waals surface area (Å²) >= 11 is 6.04. The summed E-state index contributed by atoms with van der Waals surface area (Å²) < 4.78 is 10.7. The van der Waals surface area contributed by atoms with Gasteiger partial charge in [0, 0.05) is 5.56 Å². The zero-order valence-corrected chi connectivity index (χ0v) is 16.9. The highest BCUT2D eigenvalue weighted by Gasteiger charge is 2.16. The summed E-state index contributed by atoms with van der Waals surface area (Å²) in [6, 6.07) is 11.8. The van der Waals surface area contributed by atoms with E-state index in [2.05, 4.69) is 11.9 Å². The van der Waals surface area contributed by atoms with Crippen molar-refractivity contribution in [2.75, 3.05) is 19.0 Å². The predicted molar refractivity (Wildman–Crippen MR) is 114 cm³/mol. The van der Waals surface area contributed by atoms with Gasteiger partial charge in [0.1, 0.15) is 11.6 Å². The van der Waals surface area contributed by atoms with E-state index in [9.17, 15) is 14.9 Å². The van der Waals surface area contributed by atoms with Gasteiger partial charge >= 0.3 is 5.97 Å². The predicted octanol–water partition coefficient (Wildman–Crippen LogP) is 4.09. The molecule has 0 atom stereocenters. The number of rotatable bonds is 9. The van der Waals surface area contributed by atoms with Crippen LogP contribution in [0.15, 0.2) is 54.6 Å². The van der Waals surface area contributed by atoms with Gasteiger partial charge in [-0.25, -0.2) is 4.79 Å². The number of carbonyl (C=O) groups is 2. The van der Waals surface area contributed by atoms with Gasteiger partial charge in [0.05, 0.1) is 17.8 Å². The Labute approximate surface area is 178 Å². The van der Waals surface area contributed by atoms with E-state index in [4.69, 9.17) is 26.2 Å². The van der Waals surface area contributed by atoms with Crippen molar-refractivity contribution < 1.29 is 24.2 Å². The molecule has 0 bridgehead atoms. The van der Waals surface area contributed by atoms with Crippen LogP contribution in [0.1, 0.15) is 11.1 Å². The lowest BCUT2D eigenvalue weighted by Crippen LogP contribution is -2.14. The third-order valence-electron chi connectivity index (χ3n) is 3.88. The van der Waals surface area contributed by atoms with Crippen molar-refractivity contribution in [2.45, 2.75) is 6.42 Å². The second-order valence-electron chi connectivity index (χ2n) is 5.99. The van der Waals surface area contributed by atoms with Crippen molar-refractivity contribution in [3.8, 4) is 17.6 Å². The van der Waals surface area contributed by atoms with E-state index in [1.165, 1.54) is 13.2 Å². The molecule has 0 aromatic heterocycles. The first kappa shape index (κ1) is 22.5. The number of nitrogens with one attached hydrogen (secondary N) is 1. The number of halogens is 1. The van der Waals surface area contributed by atoms with Crippen LogP contribution < -0.4 is 14.8 Å². The lowest BCUT2D eigenvalue weighted by Gasteiger charge is -2.15. The number of carboxylic acids is 1. The number of nitrogens with zero attached hydrogens (tertiary/aromatic N) is 1. The smallest absolute Gasteiger partial charge is 0.341 e. The van der Waals surface area contributed by atoms with Crippen molar-refractivity contribution in [2.24, 2.45) is 0 Å². The van der Waals surface area contributed by atoms with Crippen LogP contribution in [0.4, 0.5) is 5.69 Å². The number of allylic oxidation sites excluding steroid dienone is 1. The van der Waals surface area contributed by atoms with E-state index in [0.29, 0.717) is 28.3 Å². The van der Waals surface area contributed by atoms with E-state index in [-0.39, 0.29) is 17.1 Å². The summed E-state index contributed by atoms with van der Waals surface area (Å²) in [5.74, 6) is -1.23. The number of anilines is 1. The summed E-state index contributed by atoms with van der Waals surface area (Å²) in [6.07, 6.45) is 3.37. The maximum Gasteiger partial charge on any atom is 0.341 e. The van der Waals surface area contributed by atoms with Crippen molar-refractivity contribution in [1.82, 2.24) is 0 Å². The second-order valence-corrected chi connectivity index (χ2v) is 6.40. The Balaban J connectivity index is 2.41. The number of methoxy groups -OCH3 is 1. The second kappa shape index (κ2) is 10.7. The maximum absolute atomic E-state index is 12.5. The van der Waals surface area contributed by atoms with E-state index in [0.717, 1.165) is 0 Å². The third kappa shape index (κ3) is 5.87. The molecule has 2 aromatic carbocycles. The summed E-state index contributed by atoms with van der Waals surface area (Å²) in [5, 5.41) is 21.3. The minimum Gasteiger partial charge on any atom is -0.493 e. The van der Waals surface area contributed by atoms with E-state index in [1.807, 2.05) is 6.07 Å². The highest BCUT2D eigenvalue weighted by molar-refractivity contribution is 6.34. The highest BCUT2D eigenvalue weighted by Crippen LogP contribution is 2.34. The topological polar surface area (TPSA) is 109 Å². The molecule has 1 amide bonds. The molecule has 2 rings (SSSR count). The average Bonchev–Trinajstić information content (AvgIpc) is 2.72. The van der Waals surface area contributed by atoms with E-state index >= 15 is 0 Å². The number of carbonyl (C=O) groups excluding carboxylic acids is 1. The summed E-state index contributed by atoms with van der Waals surface area (Å²) in [5.41, 5.74) is 1.33. The molecule has 0 saturated heterocycles. The molecule has 0 fully saturated rings. The van der Waals surface area contributed by atoms with Crippen LogP contribution >= 0.6 is 11.6 Å². The molecule has 0 aliphatic heterocycles. The van der Waals surface area contributed by atoms with Crippen LogP contribution in [0.5, 0.6) is 11.5 Å². The van der Waals surface area contributed by atoms with Gasteiger partial charge in [0.25, 0.3) is 5.91 Å². The molecule has 0 unspecified atom stereocenters. The van der Waals surface area contributed by atoms with Gasteiger partial charge in [-0.3, -0.25) is 4.79 Å². The molecule has 0 heterocycles. The molecule has 0 spiro atoms. The molecule has 0 aliphatic rings. The summed E-state index contributed by atoms with van der Waals surface area (Å²) in [7, 11) is 1.41. The first-order chi connectivity index (χ1) is 14.4. The highest BCUT2D eigenvalue weighted by atomic mass is 35.5. The number of nitriles is 1. The summed E-state index contributed by atoms with van der Waals surface area (Å²) in [6.45, 7) is 3.14. The lowest BCUT2D eigenvalue weighted by molar-refractivity contribution is -0.139. The Hall–Kier alpha value is -3.76. The fourth-order valence-electron chi connectivity index (χ4n) is 2.59. The molecule has 2 aromatic rings. The maximum atomic E-state index is 12.5. The number of aliphatic carboxylic acids is 1. The van der Waals surface area contributed by atoms with Gasteiger partial charge in [-0.15, -0.1) is 6.58 Å². The number of ether oxygens (including phenoxy) is 2.